The molecule has 5 heteroatoms. The lowest BCUT2D eigenvalue weighted by Gasteiger charge is -2.35. The maximum Gasteiger partial charge on any atom is 0.238 e. The Morgan fingerprint density at radius 1 is 1.33 bits per heavy atom. The number of rotatable bonds is 4. The van der Waals surface area contributed by atoms with Gasteiger partial charge in [0.05, 0.1) is 19.2 Å². The average molecular weight is 345 g/mol. The number of nitrogens with zero attached hydrogens (tertiary/aromatic N) is 1. The average Bonchev–Trinajstić information content (AvgIpc) is 2.58. The predicted octanol–water partition coefficient (Wildman–Crippen LogP) is 3.18. The molecule has 2 aromatic carbocycles. The van der Waals surface area contributed by atoms with Crippen molar-refractivity contribution in [3.05, 3.63) is 64.2 Å². The smallest absolute Gasteiger partial charge is 0.238 e. The molecule has 1 aliphatic rings. The molecule has 126 valence electrons. The van der Waals surface area contributed by atoms with Crippen molar-refractivity contribution in [3.63, 3.8) is 0 Å². The van der Waals surface area contributed by atoms with Crippen molar-refractivity contribution in [1.82, 2.24) is 4.90 Å². The highest BCUT2D eigenvalue weighted by Gasteiger charge is 2.27. The number of hydrogen-bond acceptors (Lipinski definition) is 3. The third-order valence-electron chi connectivity index (χ3n) is 4.52. The van der Waals surface area contributed by atoms with Crippen LogP contribution in [0.25, 0.3) is 0 Å². The highest BCUT2D eigenvalue weighted by molar-refractivity contribution is 6.31. The van der Waals surface area contributed by atoms with Crippen molar-refractivity contribution in [2.45, 2.75) is 19.4 Å². The van der Waals surface area contributed by atoms with E-state index in [1.54, 1.807) is 12.1 Å². The number of halogens is 1. The van der Waals surface area contributed by atoms with Crippen molar-refractivity contribution in [1.29, 1.82) is 0 Å². The van der Waals surface area contributed by atoms with Crippen molar-refractivity contribution < 1.29 is 9.90 Å². The van der Waals surface area contributed by atoms with Crippen LogP contribution in [-0.4, -0.2) is 35.6 Å². The molecule has 0 saturated carbocycles. The summed E-state index contributed by atoms with van der Waals surface area (Å²) in [6, 6.07) is 13.4. The van der Waals surface area contributed by atoms with Crippen molar-refractivity contribution in [3.8, 4) is 0 Å². The molecule has 0 saturated heterocycles. The van der Waals surface area contributed by atoms with Crippen LogP contribution >= 0.6 is 11.6 Å². The lowest BCUT2D eigenvalue weighted by atomic mass is 9.93. The fourth-order valence-electron chi connectivity index (χ4n) is 3.21. The number of fused-ring (bicyclic) bond motifs is 1. The van der Waals surface area contributed by atoms with E-state index in [9.17, 15) is 9.90 Å². The minimum absolute atomic E-state index is 0.000482. The summed E-state index contributed by atoms with van der Waals surface area (Å²) in [5.74, 6) is -0.0989. The third kappa shape index (κ3) is 3.61. The van der Waals surface area contributed by atoms with E-state index in [-0.39, 0.29) is 25.1 Å². The van der Waals surface area contributed by atoms with Crippen LogP contribution in [0.4, 0.5) is 5.69 Å². The number of hydrogen-bond donors (Lipinski definition) is 2. The monoisotopic (exact) mass is 344 g/mol. The molecule has 0 bridgehead atoms. The summed E-state index contributed by atoms with van der Waals surface area (Å²) in [5.41, 5.74) is 4.05. The van der Waals surface area contributed by atoms with E-state index < -0.39 is 0 Å². The van der Waals surface area contributed by atoms with E-state index in [0.29, 0.717) is 5.02 Å². The van der Waals surface area contributed by atoms with Crippen molar-refractivity contribution in [2.75, 3.05) is 25.0 Å². The Bertz CT molecular complexity index is 748. The minimum Gasteiger partial charge on any atom is -0.394 e. The normalized spacial score (nSPS) is 17.4. The lowest BCUT2D eigenvalue weighted by molar-refractivity contribution is -0.118. The van der Waals surface area contributed by atoms with Gasteiger partial charge in [0, 0.05) is 17.3 Å². The first-order valence-corrected chi connectivity index (χ1v) is 8.45. The van der Waals surface area contributed by atoms with Crippen molar-refractivity contribution in [2.24, 2.45) is 0 Å². The maximum absolute atomic E-state index is 12.4. The molecular formula is C19H21ClN2O2. The van der Waals surface area contributed by atoms with E-state index in [0.717, 1.165) is 29.8 Å². The first-order chi connectivity index (χ1) is 11.6. The second-order valence-corrected chi connectivity index (χ2v) is 6.56. The van der Waals surface area contributed by atoms with Gasteiger partial charge in [0.15, 0.2) is 0 Å². The fourth-order valence-corrected chi connectivity index (χ4v) is 3.38. The van der Waals surface area contributed by atoms with Gasteiger partial charge >= 0.3 is 0 Å². The standard InChI is InChI=1S/C19H21ClN2O2/c1-13-6-7-15(20)10-17(13)21-19(24)11-22-9-8-14-4-2-3-5-16(14)18(22)12-23/h2-7,10,18,23H,8-9,11-12H2,1H3,(H,21,24). The van der Waals surface area contributed by atoms with E-state index >= 15 is 0 Å². The summed E-state index contributed by atoms with van der Waals surface area (Å²) in [4.78, 5) is 14.5. The molecule has 1 aliphatic heterocycles. The van der Waals surface area contributed by atoms with Gasteiger partial charge in [-0.2, -0.15) is 0 Å². The summed E-state index contributed by atoms with van der Waals surface area (Å²) in [6.07, 6.45) is 0.885. The van der Waals surface area contributed by atoms with Gasteiger partial charge < -0.3 is 10.4 Å². The number of carbonyl (C=O) groups excluding carboxylic acids is 1. The van der Waals surface area contributed by atoms with Crippen LogP contribution in [0.15, 0.2) is 42.5 Å². The Kier molecular flexibility index (Phi) is 5.19. The molecule has 2 N–H and O–H groups in total. The second kappa shape index (κ2) is 7.34. The van der Waals surface area contributed by atoms with E-state index in [2.05, 4.69) is 11.4 Å². The highest BCUT2D eigenvalue weighted by Crippen LogP contribution is 2.29. The molecule has 1 amide bonds. The minimum atomic E-state index is -0.138. The van der Waals surface area contributed by atoms with E-state index in [4.69, 9.17) is 11.6 Å². The zero-order valence-electron chi connectivity index (χ0n) is 13.6. The molecule has 1 atom stereocenters. The van der Waals surface area contributed by atoms with E-state index in [1.807, 2.05) is 36.1 Å². The Balaban J connectivity index is 1.71. The molecule has 0 spiro atoms. The molecule has 0 fully saturated rings. The molecule has 0 aliphatic carbocycles. The fraction of sp³-hybridized carbons (Fsp3) is 0.316. The predicted molar refractivity (Wildman–Crippen MR) is 96.4 cm³/mol. The van der Waals surface area contributed by atoms with Gasteiger partial charge in [0.25, 0.3) is 0 Å². The van der Waals surface area contributed by atoms with Gasteiger partial charge in [0.2, 0.25) is 5.91 Å². The molecule has 4 nitrogen and oxygen atoms in total. The summed E-state index contributed by atoms with van der Waals surface area (Å²) in [6.45, 7) is 2.93. The van der Waals surface area contributed by atoms with Gasteiger partial charge in [0.1, 0.15) is 0 Å². The third-order valence-corrected chi connectivity index (χ3v) is 4.75. The quantitative estimate of drug-likeness (QED) is 0.895. The van der Waals surface area contributed by atoms with Crippen LogP contribution in [0.3, 0.4) is 0 Å². The number of aliphatic hydroxyl groups excluding tert-OH is 1. The summed E-state index contributed by atoms with van der Waals surface area (Å²) in [7, 11) is 0. The Morgan fingerprint density at radius 3 is 2.92 bits per heavy atom. The number of carbonyl (C=O) groups is 1. The molecule has 1 unspecified atom stereocenters. The number of anilines is 1. The number of aryl methyl sites for hydroxylation is 1. The largest absolute Gasteiger partial charge is 0.394 e. The Hall–Kier alpha value is -1.88. The molecule has 0 aromatic heterocycles. The Labute approximate surface area is 147 Å². The molecule has 3 rings (SSSR count). The molecule has 24 heavy (non-hydrogen) atoms. The van der Waals surface area contributed by atoms with Crippen LogP contribution < -0.4 is 5.32 Å². The number of amides is 1. The summed E-state index contributed by atoms with van der Waals surface area (Å²) in [5, 5.41) is 13.3. The number of aliphatic hydroxyl groups is 1. The van der Waals surface area contributed by atoms with Gasteiger partial charge in [-0.25, -0.2) is 0 Å². The SMILES string of the molecule is Cc1ccc(Cl)cc1NC(=O)CN1CCc2ccccc2C1CO. The van der Waals surface area contributed by atoms with Gasteiger partial charge in [-0.15, -0.1) is 0 Å². The second-order valence-electron chi connectivity index (χ2n) is 6.13. The first kappa shape index (κ1) is 17.0. The Morgan fingerprint density at radius 2 is 2.12 bits per heavy atom. The topological polar surface area (TPSA) is 52.6 Å². The number of nitrogens with one attached hydrogen (secondary N) is 1. The van der Waals surface area contributed by atoms with Crippen LogP contribution in [0.2, 0.25) is 5.02 Å². The number of benzene rings is 2. The molecular weight excluding hydrogens is 324 g/mol. The van der Waals surface area contributed by atoms with Crippen LogP contribution in [0.5, 0.6) is 0 Å². The zero-order chi connectivity index (χ0) is 17.1. The van der Waals surface area contributed by atoms with Crippen molar-refractivity contribution >= 4 is 23.2 Å². The summed E-state index contributed by atoms with van der Waals surface area (Å²) >= 11 is 6.00. The summed E-state index contributed by atoms with van der Waals surface area (Å²) < 4.78 is 0. The van der Waals surface area contributed by atoms with Gasteiger partial charge in [-0.3, -0.25) is 9.69 Å². The van der Waals surface area contributed by atoms with Crippen LogP contribution in [0.1, 0.15) is 22.7 Å². The van der Waals surface area contributed by atoms with Crippen LogP contribution in [-0.2, 0) is 11.2 Å². The zero-order valence-corrected chi connectivity index (χ0v) is 14.4. The van der Waals surface area contributed by atoms with Gasteiger partial charge in [-0.05, 0) is 42.2 Å². The molecule has 2 aromatic rings. The molecule has 1 heterocycles. The highest BCUT2D eigenvalue weighted by atomic mass is 35.5. The van der Waals surface area contributed by atoms with E-state index in [1.165, 1.54) is 5.56 Å². The lowest BCUT2D eigenvalue weighted by Crippen LogP contribution is -2.42. The first-order valence-electron chi connectivity index (χ1n) is 8.07. The maximum atomic E-state index is 12.4. The van der Waals surface area contributed by atoms with Crippen LogP contribution in [0, 0.1) is 6.92 Å². The van der Waals surface area contributed by atoms with Gasteiger partial charge in [-0.1, -0.05) is 41.9 Å². The molecule has 0 radical (unpaired) electrons.